The molecule has 1 fully saturated rings. The number of aromatic nitrogens is 1. The zero-order valence-corrected chi connectivity index (χ0v) is 15.6. The summed E-state index contributed by atoms with van der Waals surface area (Å²) >= 11 is 5.68. The van der Waals surface area contributed by atoms with Crippen molar-refractivity contribution in [2.24, 2.45) is 0 Å². The Kier molecular flexibility index (Phi) is 6.25. The number of nitrogens with zero attached hydrogens (tertiary/aromatic N) is 1. The Hall–Kier alpha value is -2.52. The lowest BCUT2D eigenvalue weighted by atomic mass is 9.96. The van der Waals surface area contributed by atoms with E-state index in [9.17, 15) is 19.8 Å². The topological polar surface area (TPSA) is 121 Å². The van der Waals surface area contributed by atoms with Crippen LogP contribution in [-0.4, -0.2) is 64.5 Å². The van der Waals surface area contributed by atoms with Gasteiger partial charge >= 0.3 is 0 Å². The second-order valence-electron chi connectivity index (χ2n) is 6.53. The van der Waals surface area contributed by atoms with E-state index in [-0.39, 0.29) is 30.8 Å². The number of hydrogen-bond acceptors (Lipinski definition) is 6. The van der Waals surface area contributed by atoms with Crippen LogP contribution in [0.5, 0.6) is 0 Å². The molecule has 1 aromatic carbocycles. The van der Waals surface area contributed by atoms with E-state index in [4.69, 9.17) is 16.3 Å². The maximum atomic E-state index is 12.1. The molecule has 1 saturated heterocycles. The number of nitrogens with one attached hydrogen (secondary N) is 2. The van der Waals surface area contributed by atoms with Crippen molar-refractivity contribution in [1.29, 1.82) is 0 Å². The fourth-order valence-electron chi connectivity index (χ4n) is 2.83. The number of benzene rings is 1. The van der Waals surface area contributed by atoms with Crippen molar-refractivity contribution < 1.29 is 24.5 Å². The number of aliphatic hydroxyl groups is 2. The van der Waals surface area contributed by atoms with Gasteiger partial charge in [-0.25, -0.2) is 4.98 Å². The monoisotopic (exact) mass is 405 g/mol. The molecule has 0 radical (unpaired) electrons. The smallest absolute Gasteiger partial charge is 0.252 e. The molecule has 8 nitrogen and oxygen atoms in total. The molecule has 1 aliphatic heterocycles. The van der Waals surface area contributed by atoms with Crippen LogP contribution >= 0.6 is 11.6 Å². The Morgan fingerprint density at radius 1 is 1.14 bits per heavy atom. The van der Waals surface area contributed by atoms with Gasteiger partial charge < -0.3 is 25.6 Å². The van der Waals surface area contributed by atoms with E-state index in [0.717, 1.165) is 0 Å². The summed E-state index contributed by atoms with van der Waals surface area (Å²) in [4.78, 5) is 28.0. The van der Waals surface area contributed by atoms with Gasteiger partial charge in [-0.05, 0) is 24.3 Å². The normalized spacial score (nSPS) is 24.0. The Labute approximate surface area is 166 Å². The molecule has 28 heavy (non-hydrogen) atoms. The van der Waals surface area contributed by atoms with E-state index >= 15 is 0 Å². The van der Waals surface area contributed by atoms with Crippen LogP contribution in [0, 0.1) is 0 Å². The molecule has 0 bridgehead atoms. The van der Waals surface area contributed by atoms with Gasteiger partial charge in [-0.15, -0.1) is 0 Å². The third-order valence-electron chi connectivity index (χ3n) is 4.49. The highest BCUT2D eigenvalue weighted by Crippen LogP contribution is 2.24. The summed E-state index contributed by atoms with van der Waals surface area (Å²) in [6, 6.07) is 11.5. The molecule has 1 aromatic heterocycles. The Morgan fingerprint density at radius 2 is 1.86 bits per heavy atom. The molecule has 2 heterocycles. The number of hydrogen-bond donors (Lipinski definition) is 4. The van der Waals surface area contributed by atoms with Crippen LogP contribution < -0.4 is 10.6 Å². The molecular weight excluding hydrogens is 386 g/mol. The first kappa shape index (κ1) is 20.2. The maximum Gasteiger partial charge on any atom is 0.252 e. The van der Waals surface area contributed by atoms with Crippen molar-refractivity contribution in [3.8, 4) is 0 Å². The van der Waals surface area contributed by atoms with Crippen LogP contribution in [0.1, 0.15) is 20.7 Å². The first-order valence-electron chi connectivity index (χ1n) is 8.64. The minimum Gasteiger partial charge on any atom is -0.387 e. The average molecular weight is 406 g/mol. The summed E-state index contributed by atoms with van der Waals surface area (Å²) < 4.78 is 5.42. The first-order chi connectivity index (χ1) is 13.4. The summed E-state index contributed by atoms with van der Waals surface area (Å²) in [7, 11) is 0. The van der Waals surface area contributed by atoms with Crippen molar-refractivity contribution >= 4 is 23.4 Å². The number of carbonyl (C=O) groups is 2. The molecule has 3 rings (SSSR count). The standard InChI is InChI=1S/C19H20ClN3O5/c20-15-7-6-13(8-21-15)18(26)22-9-14-16(24)19(27,11-28-14)10-23-17(25)12-4-2-1-3-5-12/h1-8,14,16,24,27H,9-11H2,(H,22,26)(H,23,25)/t14-,16?,19+/m1/s1. The SMILES string of the molecule is O=C(NC[C@H]1OC[C@@](O)(CNC(=O)c2ccccc2)C1O)c1ccc(Cl)nc1. The summed E-state index contributed by atoms with van der Waals surface area (Å²) in [5.41, 5.74) is -0.899. The van der Waals surface area contributed by atoms with Crippen molar-refractivity contribution in [3.63, 3.8) is 0 Å². The number of rotatable bonds is 6. The van der Waals surface area contributed by atoms with Crippen LogP contribution in [0.4, 0.5) is 0 Å². The van der Waals surface area contributed by atoms with E-state index in [1.54, 1.807) is 30.3 Å². The third kappa shape index (κ3) is 4.66. The number of pyridine rings is 1. The molecule has 2 amide bonds. The Morgan fingerprint density at radius 3 is 2.54 bits per heavy atom. The number of ether oxygens (including phenoxy) is 1. The predicted molar refractivity (Wildman–Crippen MR) is 101 cm³/mol. The van der Waals surface area contributed by atoms with Crippen molar-refractivity contribution in [2.75, 3.05) is 19.7 Å². The molecule has 9 heteroatoms. The van der Waals surface area contributed by atoms with Crippen molar-refractivity contribution in [2.45, 2.75) is 17.8 Å². The molecule has 0 spiro atoms. The van der Waals surface area contributed by atoms with Gasteiger partial charge in [-0.3, -0.25) is 9.59 Å². The average Bonchev–Trinajstić information content (AvgIpc) is 3.00. The summed E-state index contributed by atoms with van der Waals surface area (Å²) in [5, 5.41) is 26.5. The molecule has 148 valence electrons. The maximum absolute atomic E-state index is 12.1. The molecule has 4 N–H and O–H groups in total. The van der Waals surface area contributed by atoms with E-state index in [1.165, 1.54) is 18.3 Å². The van der Waals surface area contributed by atoms with Crippen molar-refractivity contribution in [1.82, 2.24) is 15.6 Å². The Bertz CT molecular complexity index is 833. The third-order valence-corrected chi connectivity index (χ3v) is 4.72. The lowest BCUT2D eigenvalue weighted by molar-refractivity contribution is -0.0464. The number of amides is 2. The van der Waals surface area contributed by atoms with E-state index < -0.39 is 23.7 Å². The summed E-state index contributed by atoms with van der Waals surface area (Å²) in [5.74, 6) is -0.777. The number of aliphatic hydroxyl groups excluding tert-OH is 1. The summed E-state index contributed by atoms with van der Waals surface area (Å²) in [6.45, 7) is -0.378. The van der Waals surface area contributed by atoms with Crippen molar-refractivity contribution in [3.05, 3.63) is 64.9 Å². The van der Waals surface area contributed by atoms with Crippen LogP contribution in [0.3, 0.4) is 0 Å². The van der Waals surface area contributed by atoms with Gasteiger partial charge in [0.05, 0.1) is 18.7 Å². The number of carbonyl (C=O) groups excluding carboxylic acids is 2. The highest BCUT2D eigenvalue weighted by atomic mass is 35.5. The number of halogens is 1. The van der Waals surface area contributed by atoms with Gasteiger partial charge in [0.1, 0.15) is 23.0 Å². The lowest BCUT2D eigenvalue weighted by Gasteiger charge is -2.26. The molecule has 1 unspecified atom stereocenters. The summed E-state index contributed by atoms with van der Waals surface area (Å²) in [6.07, 6.45) is -0.769. The van der Waals surface area contributed by atoms with Gasteiger partial charge in [0.15, 0.2) is 0 Å². The van der Waals surface area contributed by atoms with Crippen LogP contribution in [0.15, 0.2) is 48.7 Å². The van der Waals surface area contributed by atoms with Gasteiger partial charge in [0, 0.05) is 18.3 Å². The van der Waals surface area contributed by atoms with Crippen LogP contribution in [0.2, 0.25) is 5.15 Å². The zero-order chi connectivity index (χ0) is 20.1. The molecule has 0 saturated carbocycles. The fourth-order valence-corrected chi connectivity index (χ4v) is 2.94. The minimum atomic E-state index is -1.65. The fraction of sp³-hybridized carbons (Fsp3) is 0.316. The molecular formula is C19H20ClN3O5. The van der Waals surface area contributed by atoms with Gasteiger partial charge in [0.25, 0.3) is 11.8 Å². The second-order valence-corrected chi connectivity index (χ2v) is 6.91. The Balaban J connectivity index is 1.51. The van der Waals surface area contributed by atoms with Gasteiger partial charge in [0.2, 0.25) is 0 Å². The van der Waals surface area contributed by atoms with Crippen LogP contribution in [-0.2, 0) is 4.74 Å². The molecule has 2 aromatic rings. The van der Waals surface area contributed by atoms with Gasteiger partial charge in [-0.1, -0.05) is 29.8 Å². The quantitative estimate of drug-likeness (QED) is 0.516. The predicted octanol–water partition coefficient (Wildman–Crippen LogP) is 0.386. The lowest BCUT2D eigenvalue weighted by Crippen LogP contribution is -2.53. The highest BCUT2D eigenvalue weighted by molar-refractivity contribution is 6.29. The molecule has 0 aliphatic carbocycles. The second kappa shape index (κ2) is 8.66. The van der Waals surface area contributed by atoms with Crippen LogP contribution in [0.25, 0.3) is 0 Å². The van der Waals surface area contributed by atoms with E-state index in [1.807, 2.05) is 0 Å². The highest BCUT2D eigenvalue weighted by Gasteiger charge is 2.48. The van der Waals surface area contributed by atoms with Gasteiger partial charge in [-0.2, -0.15) is 0 Å². The minimum absolute atomic E-state index is 0.0163. The zero-order valence-electron chi connectivity index (χ0n) is 14.8. The first-order valence-corrected chi connectivity index (χ1v) is 9.02. The van der Waals surface area contributed by atoms with E-state index in [2.05, 4.69) is 15.6 Å². The van der Waals surface area contributed by atoms with E-state index in [0.29, 0.717) is 11.1 Å². The molecule has 3 atom stereocenters. The molecule has 1 aliphatic rings. The largest absolute Gasteiger partial charge is 0.387 e.